The summed E-state index contributed by atoms with van der Waals surface area (Å²) in [5, 5.41) is 0.795. The smallest absolute Gasteiger partial charge is 0.247 e. The number of carbonyl (C=O) groups is 2. The van der Waals surface area contributed by atoms with Crippen LogP contribution in [0.5, 0.6) is 0 Å². The van der Waals surface area contributed by atoms with Crippen LogP contribution >= 0.6 is 11.6 Å². The highest BCUT2D eigenvalue weighted by atomic mass is 35.5. The fourth-order valence-corrected chi connectivity index (χ4v) is 4.06. The zero-order valence-electron chi connectivity index (χ0n) is 25.4. The summed E-state index contributed by atoms with van der Waals surface area (Å²) in [6, 6.07) is -0.0976. The van der Waals surface area contributed by atoms with E-state index in [1.54, 1.807) is 11.0 Å². The molecule has 1 unspecified atom stereocenters. The Hall–Kier alpha value is -1.73. The molecule has 0 aromatic heterocycles. The van der Waals surface area contributed by atoms with Gasteiger partial charge in [0, 0.05) is 36.8 Å². The maximum absolute atomic E-state index is 13.3. The van der Waals surface area contributed by atoms with Gasteiger partial charge in [-0.05, 0) is 56.3 Å². The zero-order valence-corrected chi connectivity index (χ0v) is 26.2. The monoisotopic (exact) mass is 563 g/mol. The van der Waals surface area contributed by atoms with Gasteiger partial charge in [0.25, 0.3) is 0 Å². The molecule has 0 aromatic rings. The van der Waals surface area contributed by atoms with Gasteiger partial charge in [-0.3, -0.25) is 14.0 Å². The van der Waals surface area contributed by atoms with E-state index in [-0.39, 0.29) is 37.5 Å². The van der Waals surface area contributed by atoms with E-state index in [9.17, 15) is 18.4 Å². The van der Waals surface area contributed by atoms with E-state index in [2.05, 4.69) is 6.92 Å². The summed E-state index contributed by atoms with van der Waals surface area (Å²) in [5.41, 5.74) is 7.76. The van der Waals surface area contributed by atoms with Crippen molar-refractivity contribution in [3.63, 3.8) is 0 Å². The highest BCUT2D eigenvalue weighted by molar-refractivity contribution is 6.29. The molecule has 0 saturated carbocycles. The first kappa shape index (κ1) is 40.8. The molecule has 8 heteroatoms. The molecule has 0 heterocycles. The number of alkyl halides is 2. The Morgan fingerprint density at radius 3 is 2.21 bits per heavy atom. The van der Waals surface area contributed by atoms with Crippen LogP contribution < -0.4 is 5.73 Å². The van der Waals surface area contributed by atoms with Crippen LogP contribution in [0.3, 0.4) is 0 Å². The van der Waals surface area contributed by atoms with Crippen LogP contribution in [0.25, 0.3) is 0 Å². The molecule has 224 valence electrons. The molecule has 5 nitrogen and oxygen atoms in total. The Labute approximate surface area is 237 Å². The Morgan fingerprint density at radius 2 is 1.68 bits per heavy atom. The lowest BCUT2D eigenvalue weighted by Crippen LogP contribution is -2.47. The van der Waals surface area contributed by atoms with E-state index in [1.807, 2.05) is 53.7 Å². The summed E-state index contributed by atoms with van der Waals surface area (Å²) in [6.45, 7) is 14.2. The van der Waals surface area contributed by atoms with Gasteiger partial charge < -0.3 is 15.5 Å². The number of unbranched alkanes of at least 4 members (excludes halogenated alkanes) is 2. The van der Waals surface area contributed by atoms with Gasteiger partial charge in [-0.15, -0.1) is 0 Å². The third kappa shape index (κ3) is 17.7. The molecule has 2 N–H and O–H groups in total. The maximum Gasteiger partial charge on any atom is 0.247 e. The van der Waals surface area contributed by atoms with Crippen LogP contribution in [0.1, 0.15) is 99.8 Å². The van der Waals surface area contributed by atoms with Crippen molar-refractivity contribution in [3.8, 4) is 0 Å². The Morgan fingerprint density at radius 1 is 1.05 bits per heavy atom. The van der Waals surface area contributed by atoms with E-state index in [0.29, 0.717) is 13.7 Å². The third-order valence-electron chi connectivity index (χ3n) is 5.80. The van der Waals surface area contributed by atoms with Crippen LogP contribution in [-0.4, -0.2) is 67.7 Å². The van der Waals surface area contributed by atoms with Gasteiger partial charge in [0.2, 0.25) is 11.8 Å². The number of amides is 2. The van der Waals surface area contributed by atoms with Gasteiger partial charge in [0.15, 0.2) is 0 Å². The molecular weight excluding hydrogens is 508 g/mol. The van der Waals surface area contributed by atoms with Crippen molar-refractivity contribution in [2.24, 2.45) is 5.73 Å². The molecule has 0 aliphatic heterocycles. The van der Waals surface area contributed by atoms with Crippen molar-refractivity contribution in [1.29, 1.82) is 0 Å². The molecule has 1 atom stereocenters. The van der Waals surface area contributed by atoms with E-state index >= 15 is 0 Å². The summed E-state index contributed by atoms with van der Waals surface area (Å²) in [7, 11) is 0.500. The second-order valence-electron chi connectivity index (χ2n) is 8.41. The van der Waals surface area contributed by atoms with Crippen molar-refractivity contribution in [2.45, 2.75) is 106 Å². The highest BCUT2D eigenvalue weighted by Gasteiger charge is 2.24. The summed E-state index contributed by atoms with van der Waals surface area (Å²) >= 11 is 6.15. The van der Waals surface area contributed by atoms with Crippen LogP contribution in [-0.2, 0) is 9.59 Å². The van der Waals surface area contributed by atoms with Crippen molar-refractivity contribution in [3.05, 3.63) is 34.4 Å². The number of hydrogen-bond donors (Lipinski definition) is 1. The summed E-state index contributed by atoms with van der Waals surface area (Å²) in [5.74, 6) is -0.439. The van der Waals surface area contributed by atoms with Crippen LogP contribution in [0, 0.1) is 0 Å². The zero-order chi connectivity index (χ0) is 29.9. The fourth-order valence-electron chi connectivity index (χ4n) is 3.86. The van der Waals surface area contributed by atoms with Gasteiger partial charge in [-0.1, -0.05) is 78.5 Å². The SMILES string of the molecule is CC.CC.CCCCCC(C)N(CC(=O)N(CCC)CCF)C(=O)/C=C(\CN)C1=CC=C(Cl)CCC1.CF. The summed E-state index contributed by atoms with van der Waals surface area (Å²) < 4.78 is 22.5. The molecule has 2 amide bonds. The first-order valence-electron chi connectivity index (χ1n) is 14.4. The number of hydrogen-bond acceptors (Lipinski definition) is 3. The van der Waals surface area contributed by atoms with Crippen LogP contribution in [0.15, 0.2) is 34.4 Å². The number of halogens is 3. The lowest BCUT2D eigenvalue weighted by Gasteiger charge is -2.31. The van der Waals surface area contributed by atoms with E-state index < -0.39 is 6.67 Å². The van der Waals surface area contributed by atoms with E-state index in [0.717, 1.165) is 67.5 Å². The van der Waals surface area contributed by atoms with E-state index in [4.69, 9.17) is 17.3 Å². The van der Waals surface area contributed by atoms with Gasteiger partial charge in [0.1, 0.15) is 13.2 Å². The predicted molar refractivity (Wildman–Crippen MR) is 161 cm³/mol. The summed E-state index contributed by atoms with van der Waals surface area (Å²) in [6.07, 6.45) is 12.6. The Kier molecular flexibility index (Phi) is 30.3. The molecule has 1 aliphatic carbocycles. The van der Waals surface area contributed by atoms with Crippen molar-refractivity contribution >= 4 is 23.4 Å². The average Bonchev–Trinajstić information content (AvgIpc) is 3.17. The minimum Gasteiger partial charge on any atom is -0.339 e. The van der Waals surface area contributed by atoms with Crippen molar-refractivity contribution in [1.82, 2.24) is 9.80 Å². The van der Waals surface area contributed by atoms with Crippen LogP contribution in [0.2, 0.25) is 0 Å². The Balaban J connectivity index is -0.00000190. The van der Waals surface area contributed by atoms with Crippen molar-refractivity contribution < 1.29 is 18.4 Å². The highest BCUT2D eigenvalue weighted by Crippen LogP contribution is 2.25. The lowest BCUT2D eigenvalue weighted by atomic mass is 10.00. The number of allylic oxidation sites excluding steroid dienone is 3. The lowest BCUT2D eigenvalue weighted by molar-refractivity contribution is -0.140. The largest absolute Gasteiger partial charge is 0.339 e. The molecule has 0 bridgehead atoms. The molecule has 1 aliphatic rings. The normalized spacial score (nSPS) is 13.5. The van der Waals surface area contributed by atoms with E-state index in [1.165, 1.54) is 4.90 Å². The maximum atomic E-state index is 13.3. The molecular formula is C30H56ClF2N3O2. The second-order valence-corrected chi connectivity index (χ2v) is 8.90. The average molecular weight is 564 g/mol. The minimum atomic E-state index is -0.590. The first-order valence-corrected chi connectivity index (χ1v) is 14.7. The first-order chi connectivity index (χ1) is 18.4. The van der Waals surface area contributed by atoms with Gasteiger partial charge in [-0.2, -0.15) is 0 Å². The standard InChI is InChI=1S/C25H41ClFN3O2.2C2H6.CH3F/c1-4-6-7-9-20(3)30(19-25(32)29(15-5-2)16-14-27)24(31)17-22(18-28)21-10-8-11-23(26)13-12-21;3*1-2/h12-13,17,20H,4-11,14-16,18-19,28H2,1-3H3;2*1-2H3;1H3/b22-17+;;;. The third-order valence-corrected chi connectivity index (χ3v) is 6.12. The number of carbonyl (C=O) groups excluding carboxylic acids is 2. The van der Waals surface area contributed by atoms with Gasteiger partial charge in [-0.25, -0.2) is 4.39 Å². The molecule has 0 saturated heterocycles. The van der Waals surface area contributed by atoms with Crippen molar-refractivity contribution in [2.75, 3.05) is 40.0 Å². The number of nitrogens with zero attached hydrogens (tertiary/aromatic N) is 2. The number of rotatable bonds is 14. The molecule has 0 spiro atoms. The molecule has 38 heavy (non-hydrogen) atoms. The fraction of sp³-hybridized carbons (Fsp3) is 0.733. The second kappa shape index (κ2) is 28.3. The van der Waals surface area contributed by atoms with Gasteiger partial charge >= 0.3 is 0 Å². The molecule has 0 aromatic carbocycles. The van der Waals surface area contributed by atoms with Crippen LogP contribution in [0.4, 0.5) is 8.78 Å². The number of nitrogens with two attached hydrogens (primary N) is 1. The molecule has 1 rings (SSSR count). The Bertz CT molecular complexity index is 691. The van der Waals surface area contributed by atoms with Gasteiger partial charge in [0.05, 0.1) is 7.18 Å². The predicted octanol–water partition coefficient (Wildman–Crippen LogP) is 7.75. The molecule has 0 radical (unpaired) electrons. The minimum absolute atomic E-state index is 0.0503. The topological polar surface area (TPSA) is 66.6 Å². The molecule has 0 fully saturated rings. The quantitative estimate of drug-likeness (QED) is 0.173. The summed E-state index contributed by atoms with van der Waals surface area (Å²) in [4.78, 5) is 29.4.